The maximum atomic E-state index is 12.8. The lowest BCUT2D eigenvalue weighted by molar-refractivity contribution is -0.148. The van der Waals surface area contributed by atoms with Gasteiger partial charge in [0.25, 0.3) is 0 Å². The summed E-state index contributed by atoms with van der Waals surface area (Å²) in [6.45, 7) is 8.63. The van der Waals surface area contributed by atoms with Crippen molar-refractivity contribution in [1.82, 2.24) is 16.0 Å². The molecule has 0 rings (SSSR count). The second kappa shape index (κ2) is 13.6. The normalized spacial score (nSPS) is 15.9. The first-order valence-corrected chi connectivity index (χ1v) is 10.4. The summed E-state index contributed by atoms with van der Waals surface area (Å²) in [7, 11) is 0. The van der Waals surface area contributed by atoms with Crippen LogP contribution in [0.15, 0.2) is 0 Å². The number of amides is 3. The first-order valence-electron chi connectivity index (χ1n) is 10.4. The fourth-order valence-electron chi connectivity index (χ4n) is 2.89. The van der Waals surface area contributed by atoms with Crippen LogP contribution in [0.5, 0.6) is 0 Å². The van der Waals surface area contributed by atoms with Crippen molar-refractivity contribution in [2.75, 3.05) is 0 Å². The highest BCUT2D eigenvalue weighted by Crippen LogP contribution is 2.09. The average molecular weight is 461 g/mol. The Kier molecular flexibility index (Phi) is 12.5. The Morgan fingerprint density at radius 3 is 1.66 bits per heavy atom. The van der Waals surface area contributed by atoms with E-state index in [1.54, 1.807) is 0 Å². The maximum absolute atomic E-state index is 12.8. The van der Waals surface area contributed by atoms with Crippen LogP contribution < -0.4 is 21.7 Å². The van der Waals surface area contributed by atoms with E-state index in [0.29, 0.717) is 6.42 Å². The topological polar surface area (TPSA) is 208 Å². The van der Waals surface area contributed by atoms with Gasteiger partial charge < -0.3 is 37.0 Å². The zero-order chi connectivity index (χ0) is 25.2. The number of hydrogen-bond acceptors (Lipinski definition) is 7. The molecule has 32 heavy (non-hydrogen) atoms. The van der Waals surface area contributed by atoms with Gasteiger partial charge in [-0.15, -0.1) is 0 Å². The van der Waals surface area contributed by atoms with Crippen molar-refractivity contribution in [2.24, 2.45) is 17.6 Å². The first-order chi connectivity index (χ1) is 14.6. The van der Waals surface area contributed by atoms with E-state index >= 15 is 0 Å². The molecule has 0 fully saturated rings. The monoisotopic (exact) mass is 460 g/mol. The second-order valence-electron chi connectivity index (χ2n) is 8.65. The molecular weight excluding hydrogens is 424 g/mol. The third-order valence-corrected chi connectivity index (χ3v) is 4.46. The standard InChI is InChI=1S/C20H36N4O8/c1-9(2)6-12(21)17(28)22-13(7-10(3)4)18(29)24-16(11(5)25)19(30)23-14(20(31)32)8-15(26)27/h9-14,16,25H,6-8,21H2,1-5H3,(H,22,28)(H,23,30)(H,24,29)(H,26,27)(H,31,32). The van der Waals surface area contributed by atoms with Crippen molar-refractivity contribution in [3.05, 3.63) is 0 Å². The molecule has 184 valence electrons. The van der Waals surface area contributed by atoms with Gasteiger partial charge in [0, 0.05) is 0 Å². The van der Waals surface area contributed by atoms with Gasteiger partial charge in [0.2, 0.25) is 17.7 Å². The van der Waals surface area contributed by atoms with Gasteiger partial charge in [-0.3, -0.25) is 19.2 Å². The van der Waals surface area contributed by atoms with Gasteiger partial charge in [-0.2, -0.15) is 0 Å². The van der Waals surface area contributed by atoms with Crippen molar-refractivity contribution in [3.63, 3.8) is 0 Å². The van der Waals surface area contributed by atoms with Gasteiger partial charge in [-0.1, -0.05) is 27.7 Å². The summed E-state index contributed by atoms with van der Waals surface area (Å²) in [5.41, 5.74) is 5.87. The van der Waals surface area contributed by atoms with E-state index in [1.807, 2.05) is 33.0 Å². The predicted octanol–water partition coefficient (Wildman–Crippen LogP) is -1.20. The van der Waals surface area contributed by atoms with Crippen molar-refractivity contribution < 1.29 is 39.3 Å². The highest BCUT2D eigenvalue weighted by atomic mass is 16.4. The number of carbonyl (C=O) groups excluding carboxylic acids is 3. The molecule has 0 aliphatic carbocycles. The minimum Gasteiger partial charge on any atom is -0.481 e. The number of hydrogen-bond donors (Lipinski definition) is 7. The van der Waals surface area contributed by atoms with Gasteiger partial charge in [0.1, 0.15) is 18.1 Å². The Balaban J connectivity index is 5.43. The zero-order valence-corrected chi connectivity index (χ0v) is 19.1. The molecule has 0 radical (unpaired) electrons. The number of aliphatic hydroxyl groups is 1. The average Bonchev–Trinajstić information content (AvgIpc) is 2.62. The summed E-state index contributed by atoms with van der Waals surface area (Å²) in [5.74, 6) is -5.27. The molecule has 5 atom stereocenters. The molecule has 0 saturated carbocycles. The zero-order valence-electron chi connectivity index (χ0n) is 19.1. The minimum absolute atomic E-state index is 0.0156. The summed E-state index contributed by atoms with van der Waals surface area (Å²) >= 11 is 0. The van der Waals surface area contributed by atoms with E-state index in [-0.39, 0.29) is 18.3 Å². The Bertz CT molecular complexity index is 681. The number of carboxylic acid groups (broad SMARTS) is 2. The van der Waals surface area contributed by atoms with E-state index < -0.39 is 66.4 Å². The maximum Gasteiger partial charge on any atom is 0.326 e. The number of aliphatic hydroxyl groups excluding tert-OH is 1. The summed E-state index contributed by atoms with van der Waals surface area (Å²) in [6.07, 6.45) is -1.70. The minimum atomic E-state index is -1.75. The van der Waals surface area contributed by atoms with Gasteiger partial charge in [0.15, 0.2) is 0 Å². The fraction of sp³-hybridized carbons (Fsp3) is 0.750. The Morgan fingerprint density at radius 1 is 0.750 bits per heavy atom. The van der Waals surface area contributed by atoms with Crippen molar-refractivity contribution in [1.29, 1.82) is 0 Å². The molecular formula is C20H36N4O8. The predicted molar refractivity (Wildman–Crippen MR) is 114 cm³/mol. The molecule has 0 aromatic carbocycles. The van der Waals surface area contributed by atoms with E-state index in [2.05, 4.69) is 10.6 Å². The second-order valence-corrected chi connectivity index (χ2v) is 8.65. The van der Waals surface area contributed by atoms with Gasteiger partial charge in [-0.25, -0.2) is 4.79 Å². The van der Waals surface area contributed by atoms with Crippen LogP contribution in [0.2, 0.25) is 0 Å². The summed E-state index contributed by atoms with van der Waals surface area (Å²) in [5, 5.41) is 34.7. The molecule has 0 bridgehead atoms. The van der Waals surface area contributed by atoms with Crippen molar-refractivity contribution in [3.8, 4) is 0 Å². The van der Waals surface area contributed by atoms with Crippen molar-refractivity contribution in [2.45, 2.75) is 84.2 Å². The van der Waals surface area contributed by atoms with Crippen LogP contribution in [0.4, 0.5) is 0 Å². The molecule has 0 aromatic rings. The third kappa shape index (κ3) is 11.0. The highest BCUT2D eigenvalue weighted by Gasteiger charge is 2.33. The van der Waals surface area contributed by atoms with E-state index in [1.165, 1.54) is 6.92 Å². The molecule has 5 unspecified atom stereocenters. The van der Waals surface area contributed by atoms with Crippen LogP contribution in [-0.2, 0) is 24.0 Å². The van der Waals surface area contributed by atoms with Gasteiger partial charge in [-0.05, 0) is 31.6 Å². The van der Waals surface area contributed by atoms with Gasteiger partial charge >= 0.3 is 11.9 Å². The number of carboxylic acids is 2. The number of aliphatic carboxylic acids is 2. The van der Waals surface area contributed by atoms with Crippen molar-refractivity contribution >= 4 is 29.7 Å². The Labute approximate surface area is 187 Å². The lowest BCUT2D eigenvalue weighted by atomic mass is 10.00. The SMILES string of the molecule is CC(C)CC(N)C(=O)NC(CC(C)C)C(=O)NC(C(=O)NC(CC(=O)O)C(=O)O)C(C)O. The molecule has 0 saturated heterocycles. The summed E-state index contributed by atoms with van der Waals surface area (Å²) in [4.78, 5) is 59.7. The number of nitrogens with one attached hydrogen (secondary N) is 3. The van der Waals surface area contributed by atoms with Crippen LogP contribution >= 0.6 is 0 Å². The lowest BCUT2D eigenvalue weighted by Gasteiger charge is -2.27. The van der Waals surface area contributed by atoms with E-state index in [0.717, 1.165) is 0 Å². The number of rotatable bonds is 14. The lowest BCUT2D eigenvalue weighted by Crippen LogP contribution is -2.60. The quantitative estimate of drug-likeness (QED) is 0.166. The molecule has 0 spiro atoms. The molecule has 0 aromatic heterocycles. The van der Waals surface area contributed by atoms with E-state index in [9.17, 15) is 29.1 Å². The molecule has 0 heterocycles. The van der Waals surface area contributed by atoms with Crippen LogP contribution in [0, 0.1) is 11.8 Å². The van der Waals surface area contributed by atoms with Gasteiger partial charge in [0.05, 0.1) is 18.6 Å². The van der Waals surface area contributed by atoms with Crippen LogP contribution in [-0.4, -0.2) is 75.3 Å². The fourth-order valence-corrected chi connectivity index (χ4v) is 2.89. The molecule has 0 aliphatic rings. The largest absolute Gasteiger partial charge is 0.481 e. The van der Waals surface area contributed by atoms with Crippen LogP contribution in [0.3, 0.4) is 0 Å². The van der Waals surface area contributed by atoms with E-state index in [4.69, 9.17) is 15.9 Å². The summed E-state index contributed by atoms with van der Waals surface area (Å²) < 4.78 is 0. The Hall–Kier alpha value is -2.73. The molecule has 12 nitrogen and oxygen atoms in total. The van der Waals surface area contributed by atoms with Crippen LogP contribution in [0.1, 0.15) is 53.9 Å². The highest BCUT2D eigenvalue weighted by molar-refractivity contribution is 5.94. The first kappa shape index (κ1) is 29.3. The van der Waals surface area contributed by atoms with Crippen LogP contribution in [0.25, 0.3) is 0 Å². The molecule has 12 heteroatoms. The smallest absolute Gasteiger partial charge is 0.326 e. The molecule has 0 aliphatic heterocycles. The third-order valence-electron chi connectivity index (χ3n) is 4.46. The number of nitrogens with two attached hydrogens (primary N) is 1. The molecule has 8 N–H and O–H groups in total. The molecule has 3 amide bonds. The Morgan fingerprint density at radius 2 is 1.25 bits per heavy atom. The summed E-state index contributed by atoms with van der Waals surface area (Å²) in [6, 6.07) is -5.21. The number of carbonyl (C=O) groups is 5.